The summed E-state index contributed by atoms with van der Waals surface area (Å²) >= 11 is 12.3. The molecule has 7 heteroatoms. The average molecular weight is 437 g/mol. The molecular weight excluding hydrogens is 419 g/mol. The summed E-state index contributed by atoms with van der Waals surface area (Å²) in [5.41, 5.74) is 4.33. The van der Waals surface area contributed by atoms with Crippen LogP contribution in [0.1, 0.15) is 21.7 Å². The summed E-state index contributed by atoms with van der Waals surface area (Å²) in [7, 11) is 0. The highest BCUT2D eigenvalue weighted by atomic mass is 35.5. The number of aryl methyl sites for hydroxylation is 2. The lowest BCUT2D eigenvalue weighted by molar-refractivity contribution is 0.101. The van der Waals surface area contributed by atoms with E-state index in [0.29, 0.717) is 21.6 Å². The zero-order valence-electron chi connectivity index (χ0n) is 16.4. The highest BCUT2D eigenvalue weighted by molar-refractivity contribution is 6.33. The Morgan fingerprint density at radius 1 is 0.933 bits per heavy atom. The third-order valence-electron chi connectivity index (χ3n) is 4.75. The highest BCUT2D eigenvalue weighted by Gasteiger charge is 2.20. The Morgan fingerprint density at radius 2 is 1.73 bits per heavy atom. The lowest BCUT2D eigenvalue weighted by Gasteiger charge is -2.08. The van der Waals surface area contributed by atoms with Gasteiger partial charge in [-0.05, 0) is 61.4 Å². The van der Waals surface area contributed by atoms with Crippen LogP contribution < -0.4 is 5.32 Å². The molecule has 0 saturated heterocycles. The SMILES string of the molecule is Cc1ccc(-n2nc(C(=O)Nc3ccccc3Cl)nc2-c2cccc(Cl)c2)cc1C. The van der Waals surface area contributed by atoms with Crippen molar-refractivity contribution in [2.45, 2.75) is 13.8 Å². The van der Waals surface area contributed by atoms with E-state index in [2.05, 4.69) is 15.4 Å². The van der Waals surface area contributed by atoms with Crippen molar-refractivity contribution in [3.63, 3.8) is 0 Å². The molecule has 0 aliphatic rings. The van der Waals surface area contributed by atoms with Crippen molar-refractivity contribution in [1.29, 1.82) is 0 Å². The van der Waals surface area contributed by atoms with Gasteiger partial charge in [-0.15, -0.1) is 5.10 Å². The van der Waals surface area contributed by atoms with Crippen LogP contribution in [0.5, 0.6) is 0 Å². The Balaban J connectivity index is 1.80. The van der Waals surface area contributed by atoms with Crippen molar-refractivity contribution >= 4 is 34.8 Å². The summed E-state index contributed by atoms with van der Waals surface area (Å²) in [5, 5.41) is 8.27. The van der Waals surface area contributed by atoms with E-state index < -0.39 is 5.91 Å². The fourth-order valence-electron chi connectivity index (χ4n) is 3.00. The molecule has 4 rings (SSSR count). The summed E-state index contributed by atoms with van der Waals surface area (Å²) < 4.78 is 1.65. The largest absolute Gasteiger partial charge is 0.318 e. The van der Waals surface area contributed by atoms with Crippen LogP contribution in [0.25, 0.3) is 17.1 Å². The number of amides is 1. The number of hydrogen-bond donors (Lipinski definition) is 1. The monoisotopic (exact) mass is 436 g/mol. The third-order valence-corrected chi connectivity index (χ3v) is 5.31. The van der Waals surface area contributed by atoms with Crippen LogP contribution in [-0.2, 0) is 0 Å². The van der Waals surface area contributed by atoms with Crippen molar-refractivity contribution in [3.8, 4) is 17.1 Å². The van der Waals surface area contributed by atoms with Gasteiger partial charge in [0, 0.05) is 10.6 Å². The molecular formula is C23H18Cl2N4O. The Kier molecular flexibility index (Phi) is 5.57. The van der Waals surface area contributed by atoms with E-state index in [1.165, 1.54) is 5.56 Å². The molecule has 1 aromatic heterocycles. The second-order valence-corrected chi connectivity index (χ2v) is 7.73. The van der Waals surface area contributed by atoms with E-state index in [-0.39, 0.29) is 5.82 Å². The number of nitrogens with one attached hydrogen (secondary N) is 1. The Labute approximate surface area is 184 Å². The minimum Gasteiger partial charge on any atom is -0.318 e. The molecule has 1 amide bonds. The summed E-state index contributed by atoms with van der Waals surface area (Å²) in [5.74, 6) is 0.0992. The smallest absolute Gasteiger partial charge is 0.295 e. The number of hydrogen-bond acceptors (Lipinski definition) is 3. The summed E-state index contributed by atoms with van der Waals surface area (Å²) in [6.07, 6.45) is 0. The maximum absolute atomic E-state index is 12.8. The number of rotatable bonds is 4. The van der Waals surface area contributed by atoms with Crippen molar-refractivity contribution in [2.24, 2.45) is 0 Å². The van der Waals surface area contributed by atoms with Gasteiger partial charge in [-0.3, -0.25) is 4.79 Å². The minimum atomic E-state index is -0.450. The Morgan fingerprint density at radius 3 is 2.47 bits per heavy atom. The van der Waals surface area contributed by atoms with Gasteiger partial charge in [-0.25, -0.2) is 9.67 Å². The van der Waals surface area contributed by atoms with Gasteiger partial charge in [0.2, 0.25) is 5.82 Å². The van der Waals surface area contributed by atoms with Crippen molar-refractivity contribution in [3.05, 3.63) is 93.7 Å². The summed E-state index contributed by atoms with van der Waals surface area (Å²) in [6, 6.07) is 20.3. The maximum Gasteiger partial charge on any atom is 0.295 e. The molecule has 1 N–H and O–H groups in total. The topological polar surface area (TPSA) is 59.8 Å². The molecule has 0 atom stereocenters. The van der Waals surface area contributed by atoms with Crippen LogP contribution in [0, 0.1) is 13.8 Å². The molecule has 0 radical (unpaired) electrons. The summed E-state index contributed by atoms with van der Waals surface area (Å²) in [4.78, 5) is 17.4. The van der Waals surface area contributed by atoms with Crippen molar-refractivity contribution < 1.29 is 4.79 Å². The van der Waals surface area contributed by atoms with Crippen molar-refractivity contribution in [1.82, 2.24) is 14.8 Å². The maximum atomic E-state index is 12.8. The zero-order valence-corrected chi connectivity index (χ0v) is 17.9. The number of halogens is 2. The van der Waals surface area contributed by atoms with Gasteiger partial charge in [0.15, 0.2) is 5.82 Å². The van der Waals surface area contributed by atoms with Gasteiger partial charge < -0.3 is 5.32 Å². The number of anilines is 1. The predicted octanol–water partition coefficient (Wildman–Crippen LogP) is 6.11. The van der Waals surface area contributed by atoms with E-state index in [9.17, 15) is 4.79 Å². The van der Waals surface area contributed by atoms with Crippen LogP contribution in [0.3, 0.4) is 0 Å². The van der Waals surface area contributed by atoms with Crippen LogP contribution in [-0.4, -0.2) is 20.7 Å². The second kappa shape index (κ2) is 8.30. The minimum absolute atomic E-state index is 0.0307. The first-order valence-electron chi connectivity index (χ1n) is 9.29. The van der Waals surface area contributed by atoms with Crippen LogP contribution in [0.4, 0.5) is 5.69 Å². The Bertz CT molecular complexity index is 1250. The quantitative estimate of drug-likeness (QED) is 0.419. The van der Waals surface area contributed by atoms with E-state index in [1.54, 1.807) is 41.1 Å². The normalized spacial score (nSPS) is 10.8. The molecule has 0 aliphatic carbocycles. The number of carbonyl (C=O) groups is 1. The lowest BCUT2D eigenvalue weighted by Crippen LogP contribution is -2.14. The number of carbonyl (C=O) groups excluding carboxylic acids is 1. The molecule has 30 heavy (non-hydrogen) atoms. The third kappa shape index (κ3) is 4.08. The highest BCUT2D eigenvalue weighted by Crippen LogP contribution is 2.26. The fraction of sp³-hybridized carbons (Fsp3) is 0.0870. The number of benzene rings is 3. The molecule has 0 aliphatic heterocycles. The molecule has 4 aromatic rings. The van der Waals surface area contributed by atoms with Gasteiger partial charge >= 0.3 is 0 Å². The molecule has 5 nitrogen and oxygen atoms in total. The number of para-hydroxylation sites is 1. The molecule has 0 spiro atoms. The average Bonchev–Trinajstić information content (AvgIpc) is 3.17. The summed E-state index contributed by atoms with van der Waals surface area (Å²) in [6.45, 7) is 4.07. The van der Waals surface area contributed by atoms with Gasteiger partial charge in [0.25, 0.3) is 5.91 Å². The first-order chi connectivity index (χ1) is 14.4. The first-order valence-corrected chi connectivity index (χ1v) is 10.0. The van der Waals surface area contributed by atoms with Crippen molar-refractivity contribution in [2.75, 3.05) is 5.32 Å². The first kappa shape index (κ1) is 20.1. The predicted molar refractivity (Wildman–Crippen MR) is 121 cm³/mol. The van der Waals surface area contributed by atoms with E-state index in [1.807, 2.05) is 44.2 Å². The van der Waals surface area contributed by atoms with E-state index in [4.69, 9.17) is 23.2 Å². The van der Waals surface area contributed by atoms with Gasteiger partial charge in [-0.1, -0.05) is 53.5 Å². The molecule has 0 unspecified atom stereocenters. The number of nitrogens with zero attached hydrogens (tertiary/aromatic N) is 3. The lowest BCUT2D eigenvalue weighted by atomic mass is 10.1. The van der Waals surface area contributed by atoms with Gasteiger partial charge in [-0.2, -0.15) is 0 Å². The van der Waals surface area contributed by atoms with Crippen LogP contribution in [0.15, 0.2) is 66.7 Å². The molecule has 150 valence electrons. The Hall–Kier alpha value is -3.15. The standard InChI is InChI=1S/C23H18Cl2N4O/c1-14-10-11-18(12-15(14)2)29-22(16-6-5-7-17(24)13-16)27-21(28-29)23(30)26-20-9-4-3-8-19(20)25/h3-13H,1-2H3,(H,26,30). The zero-order chi connectivity index (χ0) is 21.3. The van der Waals surface area contributed by atoms with E-state index in [0.717, 1.165) is 16.8 Å². The second-order valence-electron chi connectivity index (χ2n) is 6.88. The molecule has 0 saturated carbocycles. The fourth-order valence-corrected chi connectivity index (χ4v) is 3.37. The van der Waals surface area contributed by atoms with Crippen LogP contribution in [0.2, 0.25) is 10.0 Å². The van der Waals surface area contributed by atoms with Gasteiger partial charge in [0.1, 0.15) is 0 Å². The molecule has 3 aromatic carbocycles. The number of aromatic nitrogens is 3. The van der Waals surface area contributed by atoms with E-state index >= 15 is 0 Å². The van der Waals surface area contributed by atoms with Gasteiger partial charge in [0.05, 0.1) is 16.4 Å². The molecule has 0 bridgehead atoms. The molecule has 0 fully saturated rings. The molecule has 1 heterocycles. The van der Waals surface area contributed by atoms with Crippen LogP contribution >= 0.6 is 23.2 Å².